The summed E-state index contributed by atoms with van der Waals surface area (Å²) in [6.45, 7) is 0. The van der Waals surface area contributed by atoms with E-state index >= 15 is 0 Å². The highest BCUT2D eigenvalue weighted by Crippen LogP contribution is 2.32. The highest BCUT2D eigenvalue weighted by atomic mass is 35.5. The van der Waals surface area contributed by atoms with Gasteiger partial charge >= 0.3 is 0 Å². The van der Waals surface area contributed by atoms with Gasteiger partial charge in [0.25, 0.3) is 0 Å². The summed E-state index contributed by atoms with van der Waals surface area (Å²) in [5, 5.41) is 11.0. The summed E-state index contributed by atoms with van der Waals surface area (Å²) in [5.74, 6) is 0.0994. The van der Waals surface area contributed by atoms with Crippen LogP contribution in [0.2, 0.25) is 5.15 Å². The lowest BCUT2D eigenvalue weighted by Gasteiger charge is -2.04. The van der Waals surface area contributed by atoms with Gasteiger partial charge in [-0.25, -0.2) is 4.98 Å². The molecule has 1 aromatic heterocycles. The van der Waals surface area contributed by atoms with Crippen LogP contribution in [0.3, 0.4) is 0 Å². The summed E-state index contributed by atoms with van der Waals surface area (Å²) in [7, 11) is 0. The molecule has 2 aromatic rings. The molecule has 0 atom stereocenters. The molecule has 0 unspecified atom stereocenters. The van der Waals surface area contributed by atoms with Gasteiger partial charge in [-0.15, -0.1) is 0 Å². The normalized spacial score (nSPS) is 10.5. The Morgan fingerprint density at radius 1 is 1.31 bits per heavy atom. The predicted octanol–water partition coefficient (Wildman–Crippen LogP) is 2.18. The first kappa shape index (κ1) is 8.13. The third-order valence-electron chi connectivity index (χ3n) is 1.89. The van der Waals surface area contributed by atoms with Crippen LogP contribution >= 0.6 is 11.6 Å². The van der Waals surface area contributed by atoms with E-state index in [1.165, 1.54) is 6.07 Å². The van der Waals surface area contributed by atoms with Crippen LogP contribution in [0.5, 0.6) is 5.75 Å². The minimum Gasteiger partial charge on any atom is -0.507 e. The second-order valence-corrected chi connectivity index (χ2v) is 3.06. The topological polar surface area (TPSA) is 59.1 Å². The number of benzene rings is 1. The molecule has 0 aliphatic heterocycles. The van der Waals surface area contributed by atoms with E-state index in [9.17, 15) is 5.11 Å². The first-order valence-corrected chi connectivity index (χ1v) is 4.09. The number of aromatic nitrogens is 1. The van der Waals surface area contributed by atoms with E-state index in [2.05, 4.69) is 4.98 Å². The van der Waals surface area contributed by atoms with Gasteiger partial charge in [-0.05, 0) is 18.2 Å². The van der Waals surface area contributed by atoms with E-state index < -0.39 is 0 Å². The van der Waals surface area contributed by atoms with Gasteiger partial charge < -0.3 is 10.8 Å². The van der Waals surface area contributed by atoms with E-state index in [4.69, 9.17) is 17.3 Å². The van der Waals surface area contributed by atoms with Crippen molar-refractivity contribution >= 4 is 28.1 Å². The maximum Gasteiger partial charge on any atom is 0.140 e. The zero-order chi connectivity index (χ0) is 9.42. The van der Waals surface area contributed by atoms with Crippen LogP contribution < -0.4 is 5.73 Å². The molecule has 0 aliphatic rings. The van der Waals surface area contributed by atoms with Gasteiger partial charge in [-0.3, -0.25) is 0 Å². The highest BCUT2D eigenvalue weighted by molar-refractivity contribution is 6.35. The minimum atomic E-state index is 0.0994. The van der Waals surface area contributed by atoms with Gasteiger partial charge in [0.15, 0.2) is 0 Å². The second kappa shape index (κ2) is 2.78. The van der Waals surface area contributed by atoms with Crippen LogP contribution in [0.15, 0.2) is 24.4 Å². The Bertz CT molecular complexity index is 462. The van der Waals surface area contributed by atoms with Crippen molar-refractivity contribution in [2.24, 2.45) is 0 Å². The molecule has 3 nitrogen and oxygen atoms in total. The number of nitrogens with zero attached hydrogens (tertiary/aromatic N) is 1. The first-order chi connectivity index (χ1) is 6.20. The van der Waals surface area contributed by atoms with E-state index in [0.29, 0.717) is 11.1 Å². The molecule has 4 heteroatoms. The van der Waals surface area contributed by atoms with Gasteiger partial charge in [0.2, 0.25) is 0 Å². The molecule has 0 saturated heterocycles. The number of halogens is 1. The molecule has 0 radical (unpaired) electrons. The van der Waals surface area contributed by atoms with Crippen LogP contribution in [0.4, 0.5) is 5.69 Å². The average Bonchev–Trinajstić information content (AvgIpc) is 2.12. The zero-order valence-corrected chi connectivity index (χ0v) is 7.42. The molecular formula is C9H7ClN2O. The van der Waals surface area contributed by atoms with Crippen LogP contribution in [0.1, 0.15) is 0 Å². The second-order valence-electron chi connectivity index (χ2n) is 2.70. The van der Waals surface area contributed by atoms with Crippen molar-refractivity contribution in [3.63, 3.8) is 0 Å². The van der Waals surface area contributed by atoms with E-state index in [1.54, 1.807) is 18.3 Å². The van der Waals surface area contributed by atoms with Crippen LogP contribution in [-0.4, -0.2) is 10.1 Å². The number of hydrogen-bond acceptors (Lipinski definition) is 3. The lowest BCUT2D eigenvalue weighted by molar-refractivity contribution is 0.481. The van der Waals surface area contributed by atoms with Crippen molar-refractivity contribution in [3.8, 4) is 5.75 Å². The molecule has 1 aromatic carbocycles. The van der Waals surface area contributed by atoms with Gasteiger partial charge in [0.05, 0.1) is 5.39 Å². The van der Waals surface area contributed by atoms with Crippen LogP contribution in [0.25, 0.3) is 10.8 Å². The molecule has 2 rings (SSSR count). The van der Waals surface area contributed by atoms with Crippen molar-refractivity contribution < 1.29 is 5.11 Å². The predicted molar refractivity (Wildman–Crippen MR) is 52.8 cm³/mol. The molecule has 0 bridgehead atoms. The summed E-state index contributed by atoms with van der Waals surface area (Å²) < 4.78 is 0. The highest BCUT2D eigenvalue weighted by Gasteiger charge is 2.06. The fourth-order valence-electron chi connectivity index (χ4n) is 1.26. The van der Waals surface area contributed by atoms with E-state index in [-0.39, 0.29) is 10.9 Å². The number of phenolic OH excluding ortho intramolecular Hbond substituents is 1. The van der Waals surface area contributed by atoms with Crippen LogP contribution in [-0.2, 0) is 0 Å². The molecule has 1 heterocycles. The number of aromatic hydroxyl groups is 1. The van der Waals surface area contributed by atoms with Crippen LogP contribution in [0, 0.1) is 0 Å². The summed E-state index contributed by atoms with van der Waals surface area (Å²) in [6, 6.07) is 4.86. The maximum atomic E-state index is 9.50. The average molecular weight is 195 g/mol. The standard InChI is InChI=1S/C9H7ClN2O/c10-9-8-5(3-4-12-9)6(11)1-2-7(8)13/h1-4,13H,11H2. The Labute approximate surface area is 79.8 Å². The number of fused-ring (bicyclic) bond motifs is 1. The summed E-state index contributed by atoms with van der Waals surface area (Å²) in [6.07, 6.45) is 1.56. The van der Waals surface area contributed by atoms with Crippen molar-refractivity contribution in [2.75, 3.05) is 5.73 Å². The smallest absolute Gasteiger partial charge is 0.140 e. The Hall–Kier alpha value is -1.48. The van der Waals surface area contributed by atoms with Crippen molar-refractivity contribution in [1.82, 2.24) is 4.98 Å². The van der Waals surface area contributed by atoms with Crippen molar-refractivity contribution in [1.29, 1.82) is 0 Å². The summed E-state index contributed by atoms with van der Waals surface area (Å²) >= 11 is 5.81. The lowest BCUT2D eigenvalue weighted by atomic mass is 10.1. The Balaban J connectivity index is 3.00. The number of nitrogen functional groups attached to an aromatic ring is 1. The Morgan fingerprint density at radius 2 is 2.08 bits per heavy atom. The third-order valence-corrected chi connectivity index (χ3v) is 2.18. The molecule has 0 fully saturated rings. The molecule has 0 spiro atoms. The zero-order valence-electron chi connectivity index (χ0n) is 6.66. The van der Waals surface area contributed by atoms with Crippen molar-refractivity contribution in [3.05, 3.63) is 29.5 Å². The number of rotatable bonds is 0. The third kappa shape index (κ3) is 1.17. The number of nitrogens with two attached hydrogens (primary N) is 1. The Morgan fingerprint density at radius 3 is 2.77 bits per heavy atom. The SMILES string of the molecule is Nc1ccc(O)c2c(Cl)nccc12. The summed E-state index contributed by atoms with van der Waals surface area (Å²) in [5.41, 5.74) is 6.28. The number of hydrogen-bond donors (Lipinski definition) is 2. The van der Waals surface area contributed by atoms with Gasteiger partial charge in [-0.1, -0.05) is 11.6 Å². The molecule has 3 N–H and O–H groups in total. The minimum absolute atomic E-state index is 0.0994. The maximum absolute atomic E-state index is 9.50. The van der Waals surface area contributed by atoms with Gasteiger partial charge in [0.1, 0.15) is 10.9 Å². The molecule has 66 valence electrons. The number of pyridine rings is 1. The molecule has 0 amide bonds. The number of phenols is 1. The fraction of sp³-hybridized carbons (Fsp3) is 0. The molecule has 13 heavy (non-hydrogen) atoms. The quantitative estimate of drug-likeness (QED) is 0.384. The molecule has 0 aliphatic carbocycles. The lowest BCUT2D eigenvalue weighted by Crippen LogP contribution is -1.88. The first-order valence-electron chi connectivity index (χ1n) is 3.72. The van der Waals surface area contributed by atoms with E-state index in [0.717, 1.165) is 5.39 Å². The van der Waals surface area contributed by atoms with Crippen molar-refractivity contribution in [2.45, 2.75) is 0 Å². The number of anilines is 1. The van der Waals surface area contributed by atoms with E-state index in [1.807, 2.05) is 0 Å². The fourth-order valence-corrected chi connectivity index (χ4v) is 1.52. The monoisotopic (exact) mass is 194 g/mol. The summed E-state index contributed by atoms with van der Waals surface area (Å²) in [4.78, 5) is 3.86. The molecule has 0 saturated carbocycles. The van der Waals surface area contributed by atoms with Gasteiger partial charge in [0, 0.05) is 17.3 Å². The molecular weight excluding hydrogens is 188 g/mol. The largest absolute Gasteiger partial charge is 0.507 e. The van der Waals surface area contributed by atoms with Gasteiger partial charge in [-0.2, -0.15) is 0 Å². The Kier molecular flexibility index (Phi) is 1.74.